The summed E-state index contributed by atoms with van der Waals surface area (Å²) in [5, 5.41) is 11.6. The van der Waals surface area contributed by atoms with Gasteiger partial charge in [-0.3, -0.25) is 14.4 Å². The largest absolute Gasteiger partial charge is 0.481 e. The first-order valence-electron chi connectivity index (χ1n) is 5.89. The van der Waals surface area contributed by atoms with Gasteiger partial charge in [-0.15, -0.1) is 0 Å². The lowest BCUT2D eigenvalue weighted by molar-refractivity contribution is -0.146. The molecule has 2 heterocycles. The Morgan fingerprint density at radius 2 is 2.12 bits per heavy atom. The van der Waals surface area contributed by atoms with Crippen molar-refractivity contribution in [3.05, 3.63) is 0 Å². The van der Waals surface area contributed by atoms with Crippen molar-refractivity contribution < 1.29 is 19.5 Å². The molecular formula is C11H16N2O4. The quantitative estimate of drug-likeness (QED) is 0.687. The Morgan fingerprint density at radius 3 is 2.71 bits per heavy atom. The molecule has 6 nitrogen and oxygen atoms in total. The van der Waals surface area contributed by atoms with E-state index in [1.54, 1.807) is 4.90 Å². The van der Waals surface area contributed by atoms with Crippen molar-refractivity contribution in [3.63, 3.8) is 0 Å². The molecule has 2 fully saturated rings. The number of carbonyl (C=O) groups is 3. The normalized spacial score (nSPS) is 28.9. The van der Waals surface area contributed by atoms with Crippen LogP contribution in [0.4, 0.5) is 0 Å². The highest BCUT2D eigenvalue weighted by Crippen LogP contribution is 2.19. The summed E-state index contributed by atoms with van der Waals surface area (Å²) in [6.07, 6.45) is 2.23. The highest BCUT2D eigenvalue weighted by Gasteiger charge is 2.34. The first-order valence-corrected chi connectivity index (χ1v) is 5.89. The number of nitrogens with zero attached hydrogens (tertiary/aromatic N) is 1. The van der Waals surface area contributed by atoms with Gasteiger partial charge < -0.3 is 15.3 Å². The van der Waals surface area contributed by atoms with E-state index in [0.29, 0.717) is 32.2 Å². The number of carboxylic acids is 1. The van der Waals surface area contributed by atoms with Gasteiger partial charge in [-0.25, -0.2) is 0 Å². The van der Waals surface area contributed by atoms with Crippen LogP contribution in [0.25, 0.3) is 0 Å². The summed E-state index contributed by atoms with van der Waals surface area (Å²) >= 11 is 0. The molecule has 17 heavy (non-hydrogen) atoms. The van der Waals surface area contributed by atoms with Crippen LogP contribution in [0.1, 0.15) is 25.7 Å². The smallest absolute Gasteiger partial charge is 0.308 e. The molecule has 2 rings (SSSR count). The number of piperidine rings is 1. The van der Waals surface area contributed by atoms with Crippen molar-refractivity contribution in [1.29, 1.82) is 0 Å². The van der Waals surface area contributed by atoms with E-state index in [0.717, 1.165) is 0 Å². The molecule has 2 atom stereocenters. The molecule has 0 aromatic heterocycles. The Kier molecular flexibility index (Phi) is 3.31. The average Bonchev–Trinajstić information content (AvgIpc) is 2.75. The molecule has 2 amide bonds. The molecule has 0 bridgehead atoms. The van der Waals surface area contributed by atoms with E-state index in [1.165, 1.54) is 0 Å². The monoisotopic (exact) mass is 240 g/mol. The summed E-state index contributed by atoms with van der Waals surface area (Å²) in [7, 11) is 0. The maximum Gasteiger partial charge on any atom is 0.308 e. The summed E-state index contributed by atoms with van der Waals surface area (Å²) in [6, 6.07) is -0.449. The molecule has 0 saturated carbocycles. The molecule has 94 valence electrons. The van der Waals surface area contributed by atoms with Crippen LogP contribution in [0.2, 0.25) is 0 Å². The van der Waals surface area contributed by atoms with Crippen molar-refractivity contribution in [2.45, 2.75) is 31.7 Å². The molecule has 0 spiro atoms. The lowest BCUT2D eigenvalue weighted by atomic mass is 9.97. The maximum atomic E-state index is 12.0. The van der Waals surface area contributed by atoms with Gasteiger partial charge in [0, 0.05) is 19.5 Å². The van der Waals surface area contributed by atoms with Crippen LogP contribution >= 0.6 is 0 Å². The molecule has 2 N–H and O–H groups in total. The van der Waals surface area contributed by atoms with Gasteiger partial charge in [0.25, 0.3) is 0 Å². The fraction of sp³-hybridized carbons (Fsp3) is 0.727. The SMILES string of the molecule is O=C1CCC(C(=O)N2CCC[C@H](C(=O)O)C2)N1. The number of amides is 2. The van der Waals surface area contributed by atoms with Gasteiger partial charge in [0.1, 0.15) is 6.04 Å². The van der Waals surface area contributed by atoms with Crippen LogP contribution < -0.4 is 5.32 Å². The van der Waals surface area contributed by atoms with Gasteiger partial charge in [-0.05, 0) is 19.3 Å². The second kappa shape index (κ2) is 4.73. The van der Waals surface area contributed by atoms with Crippen molar-refractivity contribution in [2.24, 2.45) is 5.92 Å². The summed E-state index contributed by atoms with van der Waals surface area (Å²) in [4.78, 5) is 35.5. The lowest BCUT2D eigenvalue weighted by Crippen LogP contribution is -2.49. The molecule has 0 aromatic rings. The summed E-state index contributed by atoms with van der Waals surface area (Å²) < 4.78 is 0. The van der Waals surface area contributed by atoms with Crippen LogP contribution in [0.5, 0.6) is 0 Å². The minimum Gasteiger partial charge on any atom is -0.481 e. The molecular weight excluding hydrogens is 224 g/mol. The fourth-order valence-electron chi connectivity index (χ4n) is 2.40. The van der Waals surface area contributed by atoms with Crippen LogP contribution in [0.15, 0.2) is 0 Å². The number of carboxylic acid groups (broad SMARTS) is 1. The van der Waals surface area contributed by atoms with Crippen LogP contribution in [-0.2, 0) is 14.4 Å². The standard InChI is InChI=1S/C11H16N2O4/c14-9-4-3-8(12-9)10(15)13-5-1-2-7(6-13)11(16)17/h7-8H,1-6H2,(H,12,14)(H,16,17)/t7-,8?/m0/s1. The number of rotatable bonds is 2. The third kappa shape index (κ3) is 2.57. The summed E-state index contributed by atoms with van der Waals surface area (Å²) in [6.45, 7) is 0.857. The zero-order valence-electron chi connectivity index (χ0n) is 9.52. The average molecular weight is 240 g/mol. The molecule has 2 aliphatic rings. The maximum absolute atomic E-state index is 12.0. The Bertz CT molecular complexity index is 355. The number of likely N-dealkylation sites (tertiary alicyclic amines) is 1. The zero-order valence-corrected chi connectivity index (χ0v) is 9.52. The van der Waals surface area contributed by atoms with Crippen LogP contribution in [-0.4, -0.2) is 46.9 Å². The Labute approximate surface area is 99.0 Å². The Hall–Kier alpha value is -1.59. The number of aliphatic carboxylic acids is 1. The van der Waals surface area contributed by atoms with Crippen LogP contribution in [0, 0.1) is 5.92 Å². The van der Waals surface area contributed by atoms with Crippen molar-refractivity contribution >= 4 is 17.8 Å². The predicted molar refractivity (Wildman–Crippen MR) is 58.1 cm³/mol. The van der Waals surface area contributed by atoms with Crippen molar-refractivity contribution in [2.75, 3.05) is 13.1 Å². The van der Waals surface area contributed by atoms with Gasteiger partial charge >= 0.3 is 5.97 Å². The lowest BCUT2D eigenvalue weighted by Gasteiger charge is -2.32. The van der Waals surface area contributed by atoms with Gasteiger partial charge in [-0.2, -0.15) is 0 Å². The third-order valence-electron chi connectivity index (χ3n) is 3.38. The topological polar surface area (TPSA) is 86.7 Å². The van der Waals surface area contributed by atoms with E-state index in [1.807, 2.05) is 0 Å². The van der Waals surface area contributed by atoms with Gasteiger partial charge in [0.05, 0.1) is 5.92 Å². The molecule has 2 saturated heterocycles. The predicted octanol–water partition coefficient (Wildman–Crippen LogP) is -0.412. The van der Waals surface area contributed by atoms with Gasteiger partial charge in [-0.1, -0.05) is 0 Å². The van der Waals surface area contributed by atoms with E-state index in [2.05, 4.69) is 5.32 Å². The van der Waals surface area contributed by atoms with Crippen molar-refractivity contribution in [1.82, 2.24) is 10.2 Å². The first kappa shape index (κ1) is 11.9. The summed E-state index contributed by atoms with van der Waals surface area (Å²) in [5.74, 6) is -1.56. The Balaban J connectivity index is 1.95. The number of nitrogens with one attached hydrogen (secondary N) is 1. The molecule has 0 aliphatic carbocycles. The third-order valence-corrected chi connectivity index (χ3v) is 3.38. The number of hydrogen-bond donors (Lipinski definition) is 2. The van der Waals surface area contributed by atoms with E-state index < -0.39 is 17.9 Å². The molecule has 0 aromatic carbocycles. The van der Waals surface area contributed by atoms with Crippen LogP contribution in [0.3, 0.4) is 0 Å². The number of hydrogen-bond acceptors (Lipinski definition) is 3. The fourth-order valence-corrected chi connectivity index (χ4v) is 2.40. The Morgan fingerprint density at radius 1 is 1.35 bits per heavy atom. The zero-order chi connectivity index (χ0) is 12.4. The van der Waals surface area contributed by atoms with E-state index in [9.17, 15) is 14.4 Å². The van der Waals surface area contributed by atoms with Crippen molar-refractivity contribution in [3.8, 4) is 0 Å². The van der Waals surface area contributed by atoms with E-state index >= 15 is 0 Å². The second-order valence-electron chi connectivity index (χ2n) is 4.62. The first-order chi connectivity index (χ1) is 8.08. The molecule has 6 heteroatoms. The molecule has 0 radical (unpaired) electrons. The summed E-state index contributed by atoms with van der Waals surface area (Å²) in [5.41, 5.74) is 0. The highest BCUT2D eigenvalue weighted by atomic mass is 16.4. The molecule has 1 unspecified atom stereocenters. The van der Waals surface area contributed by atoms with E-state index in [-0.39, 0.29) is 18.4 Å². The van der Waals surface area contributed by atoms with E-state index in [4.69, 9.17) is 5.11 Å². The minimum absolute atomic E-state index is 0.102. The van der Waals surface area contributed by atoms with Gasteiger partial charge in [0.15, 0.2) is 0 Å². The highest BCUT2D eigenvalue weighted by molar-refractivity contribution is 5.91. The van der Waals surface area contributed by atoms with Gasteiger partial charge in [0.2, 0.25) is 11.8 Å². The number of carbonyl (C=O) groups excluding carboxylic acids is 2. The second-order valence-corrected chi connectivity index (χ2v) is 4.62. The molecule has 2 aliphatic heterocycles. The minimum atomic E-state index is -0.849.